The summed E-state index contributed by atoms with van der Waals surface area (Å²) >= 11 is 16.6. The van der Waals surface area contributed by atoms with E-state index < -0.39 is 11.6 Å². The minimum absolute atomic E-state index is 0.291. The van der Waals surface area contributed by atoms with Crippen LogP contribution in [0, 0.1) is 0 Å². The van der Waals surface area contributed by atoms with Gasteiger partial charge in [-0.15, -0.1) is 0 Å². The van der Waals surface area contributed by atoms with Crippen molar-refractivity contribution in [1.29, 1.82) is 0 Å². The van der Waals surface area contributed by atoms with Gasteiger partial charge in [0.2, 0.25) is 3.79 Å². The summed E-state index contributed by atoms with van der Waals surface area (Å²) in [5.41, 5.74) is 0. The summed E-state index contributed by atoms with van der Waals surface area (Å²) in [5.74, 6) is 0. The summed E-state index contributed by atoms with van der Waals surface area (Å²) < 4.78 is 25.8. The topological polar surface area (TPSA) is 44.8 Å². The number of rotatable bonds is 10. The third-order valence-corrected chi connectivity index (χ3v) is 3.65. The molecule has 0 spiro atoms. The first-order valence-electron chi connectivity index (χ1n) is 5.93. The maximum atomic E-state index is 12.2. The van der Waals surface area contributed by atoms with Crippen LogP contribution in [0.5, 0.6) is 0 Å². The van der Waals surface area contributed by atoms with E-state index in [9.17, 15) is 4.57 Å². The Kier molecular flexibility index (Phi) is 10.4. The van der Waals surface area contributed by atoms with Gasteiger partial charge in [-0.2, -0.15) is 0 Å². The van der Waals surface area contributed by atoms with Crippen molar-refractivity contribution < 1.29 is 18.1 Å². The number of unbranched alkanes of at least 4 members (excludes halogenated alkanes) is 2. The van der Waals surface area contributed by atoms with Crippen LogP contribution in [-0.4, -0.2) is 23.6 Å². The molecule has 0 aromatic heterocycles. The summed E-state index contributed by atoms with van der Waals surface area (Å²) in [7, 11) is -3.63. The van der Waals surface area contributed by atoms with Crippen LogP contribution in [0.2, 0.25) is 0 Å². The van der Waals surface area contributed by atoms with Crippen molar-refractivity contribution in [3.05, 3.63) is 0 Å². The number of phosphoric acid groups is 1. The molecule has 0 radical (unpaired) electrons. The molecule has 0 fully saturated rings. The van der Waals surface area contributed by atoms with Crippen molar-refractivity contribution >= 4 is 42.6 Å². The molecule has 0 atom stereocenters. The fourth-order valence-corrected chi connectivity index (χ4v) is 2.58. The Morgan fingerprint density at radius 3 is 1.72 bits per heavy atom. The first-order valence-corrected chi connectivity index (χ1v) is 8.53. The van der Waals surface area contributed by atoms with E-state index >= 15 is 0 Å². The molecule has 0 unspecified atom stereocenters. The Hall–Kier alpha value is 0.980. The molecular weight excluding hydrogens is 321 g/mol. The Morgan fingerprint density at radius 2 is 1.39 bits per heavy atom. The zero-order valence-corrected chi connectivity index (χ0v) is 13.8. The zero-order chi connectivity index (χ0) is 14.1. The maximum absolute atomic E-state index is 12.2. The highest BCUT2D eigenvalue weighted by Crippen LogP contribution is 2.51. The largest absolute Gasteiger partial charge is 0.474 e. The standard InChI is InChI=1S/C10H20Cl3O4P/c1-3-5-7-15-18(14,16-8-6-4-2)17-9-10(11,12)13/h3-9H2,1-2H3. The molecule has 0 aromatic carbocycles. The molecule has 0 saturated carbocycles. The van der Waals surface area contributed by atoms with Crippen LogP contribution in [0.1, 0.15) is 39.5 Å². The summed E-state index contributed by atoms with van der Waals surface area (Å²) in [4.78, 5) is 0. The Balaban J connectivity index is 4.25. The van der Waals surface area contributed by atoms with Gasteiger partial charge in [0.25, 0.3) is 0 Å². The number of hydrogen-bond acceptors (Lipinski definition) is 4. The van der Waals surface area contributed by atoms with E-state index in [0.717, 1.165) is 25.7 Å². The second-order valence-corrected chi connectivity index (χ2v) is 7.89. The smallest absolute Gasteiger partial charge is 0.287 e. The van der Waals surface area contributed by atoms with Crippen molar-refractivity contribution in [3.8, 4) is 0 Å². The lowest BCUT2D eigenvalue weighted by molar-refractivity contribution is 0.112. The molecule has 0 N–H and O–H groups in total. The van der Waals surface area contributed by atoms with E-state index in [1.807, 2.05) is 13.8 Å². The van der Waals surface area contributed by atoms with E-state index in [1.165, 1.54) is 0 Å². The van der Waals surface area contributed by atoms with Crippen LogP contribution < -0.4 is 0 Å². The molecule has 0 aromatic rings. The SMILES string of the molecule is CCCCOP(=O)(OCCCC)OCC(Cl)(Cl)Cl. The predicted molar refractivity (Wildman–Crippen MR) is 75.6 cm³/mol. The Labute approximate surface area is 124 Å². The van der Waals surface area contributed by atoms with Crippen LogP contribution in [-0.2, 0) is 18.1 Å². The zero-order valence-electron chi connectivity index (χ0n) is 10.7. The summed E-state index contributed by atoms with van der Waals surface area (Å²) in [6.45, 7) is 4.23. The van der Waals surface area contributed by atoms with Crippen LogP contribution >= 0.6 is 42.6 Å². The van der Waals surface area contributed by atoms with Crippen LogP contribution in [0.3, 0.4) is 0 Å². The van der Waals surface area contributed by atoms with Crippen molar-refractivity contribution in [2.24, 2.45) is 0 Å². The number of phosphoric ester groups is 1. The second kappa shape index (κ2) is 9.82. The molecule has 0 amide bonds. The molecule has 110 valence electrons. The Bertz CT molecular complexity index is 244. The molecule has 4 nitrogen and oxygen atoms in total. The minimum atomic E-state index is -3.63. The van der Waals surface area contributed by atoms with E-state index in [1.54, 1.807) is 0 Å². The average molecular weight is 342 g/mol. The van der Waals surface area contributed by atoms with E-state index in [0.29, 0.717) is 13.2 Å². The Morgan fingerprint density at radius 1 is 0.944 bits per heavy atom. The maximum Gasteiger partial charge on any atom is 0.474 e. The molecule has 0 aliphatic heterocycles. The van der Waals surface area contributed by atoms with Gasteiger partial charge < -0.3 is 0 Å². The predicted octanol–water partition coefficient (Wildman–Crippen LogP) is 5.11. The van der Waals surface area contributed by atoms with Gasteiger partial charge in [-0.1, -0.05) is 61.5 Å². The van der Waals surface area contributed by atoms with Gasteiger partial charge in [-0.25, -0.2) is 4.57 Å². The molecule has 0 heterocycles. The molecule has 0 aliphatic rings. The molecule has 0 bridgehead atoms. The van der Waals surface area contributed by atoms with Gasteiger partial charge in [0, 0.05) is 0 Å². The molecule has 8 heteroatoms. The number of hydrogen-bond donors (Lipinski definition) is 0. The summed E-state index contributed by atoms with van der Waals surface area (Å²) in [6, 6.07) is 0. The van der Waals surface area contributed by atoms with Crippen molar-refractivity contribution in [1.82, 2.24) is 0 Å². The average Bonchev–Trinajstić information content (AvgIpc) is 2.27. The van der Waals surface area contributed by atoms with Crippen molar-refractivity contribution in [2.45, 2.75) is 43.3 Å². The van der Waals surface area contributed by atoms with Gasteiger partial charge in [-0.05, 0) is 12.8 Å². The summed E-state index contributed by atoms with van der Waals surface area (Å²) in [6.07, 6.45) is 3.36. The van der Waals surface area contributed by atoms with Crippen molar-refractivity contribution in [3.63, 3.8) is 0 Å². The van der Waals surface area contributed by atoms with Crippen LogP contribution in [0.25, 0.3) is 0 Å². The lowest BCUT2D eigenvalue weighted by Crippen LogP contribution is -2.14. The number of halogens is 3. The third-order valence-electron chi connectivity index (χ3n) is 1.88. The monoisotopic (exact) mass is 340 g/mol. The molecule has 0 saturated heterocycles. The molecular formula is C10H20Cl3O4P. The van der Waals surface area contributed by atoms with E-state index in [2.05, 4.69) is 0 Å². The first-order chi connectivity index (χ1) is 8.33. The highest BCUT2D eigenvalue weighted by Gasteiger charge is 2.31. The summed E-state index contributed by atoms with van der Waals surface area (Å²) in [5, 5.41) is 0. The molecule has 0 aliphatic carbocycles. The van der Waals surface area contributed by atoms with Gasteiger partial charge >= 0.3 is 7.82 Å². The second-order valence-electron chi connectivity index (χ2n) is 3.71. The van der Waals surface area contributed by atoms with E-state index in [-0.39, 0.29) is 6.61 Å². The fraction of sp³-hybridized carbons (Fsp3) is 1.00. The lowest BCUT2D eigenvalue weighted by atomic mass is 10.4. The van der Waals surface area contributed by atoms with Gasteiger partial charge in [-0.3, -0.25) is 13.6 Å². The highest BCUT2D eigenvalue weighted by atomic mass is 35.6. The van der Waals surface area contributed by atoms with Gasteiger partial charge in [0.15, 0.2) is 0 Å². The quantitative estimate of drug-likeness (QED) is 0.314. The van der Waals surface area contributed by atoms with Gasteiger partial charge in [0.1, 0.15) is 6.61 Å². The van der Waals surface area contributed by atoms with Crippen molar-refractivity contribution in [2.75, 3.05) is 19.8 Å². The fourth-order valence-electron chi connectivity index (χ4n) is 0.905. The first kappa shape index (κ1) is 19.0. The third kappa shape index (κ3) is 10.9. The molecule has 0 rings (SSSR count). The lowest BCUT2D eigenvalue weighted by Gasteiger charge is -2.20. The minimum Gasteiger partial charge on any atom is -0.287 e. The van der Waals surface area contributed by atoms with Crippen LogP contribution in [0.4, 0.5) is 0 Å². The normalized spacial score (nSPS) is 12.9. The number of alkyl halides is 3. The van der Waals surface area contributed by atoms with E-state index in [4.69, 9.17) is 48.4 Å². The molecule has 18 heavy (non-hydrogen) atoms. The van der Waals surface area contributed by atoms with Gasteiger partial charge in [0.05, 0.1) is 13.2 Å². The van der Waals surface area contributed by atoms with Crippen LogP contribution in [0.15, 0.2) is 0 Å². The highest BCUT2D eigenvalue weighted by molar-refractivity contribution is 7.48.